The van der Waals surface area contributed by atoms with Gasteiger partial charge in [-0.1, -0.05) is 24.3 Å². The minimum absolute atomic E-state index is 0. The highest BCUT2D eigenvalue weighted by molar-refractivity contribution is 6.47. The lowest BCUT2D eigenvalue weighted by Crippen LogP contribution is -2.51. The maximum atomic E-state index is 13.2. The molecule has 0 aliphatic carbocycles. The molecule has 3 aliphatic rings. The van der Waals surface area contributed by atoms with Crippen LogP contribution >= 0.6 is 24.8 Å². The van der Waals surface area contributed by atoms with Crippen LogP contribution in [0.2, 0.25) is 0 Å². The van der Waals surface area contributed by atoms with E-state index in [-0.39, 0.29) is 41.7 Å². The summed E-state index contributed by atoms with van der Waals surface area (Å²) in [7, 11) is 0. The molecule has 3 aliphatic heterocycles. The second-order valence-electron chi connectivity index (χ2n) is 9.41. The Balaban J connectivity index is 0.00000160. The average Bonchev–Trinajstić information content (AvgIpc) is 3.44. The highest BCUT2D eigenvalue weighted by Gasteiger charge is 2.43. The van der Waals surface area contributed by atoms with Crippen LogP contribution in [0, 0.1) is 0 Å². The molecule has 0 radical (unpaired) electrons. The number of hydrogen-bond donors (Lipinski definition) is 2. The van der Waals surface area contributed by atoms with E-state index in [1.54, 1.807) is 43.0 Å². The second kappa shape index (κ2) is 9.26. The van der Waals surface area contributed by atoms with Crippen LogP contribution in [0.15, 0.2) is 71.8 Å². The number of para-hydroxylation sites is 1. The molecule has 3 N–H and O–H groups in total. The predicted molar refractivity (Wildman–Crippen MR) is 145 cm³/mol. The number of nitrogens with two attached hydrogens (primary N) is 1. The summed E-state index contributed by atoms with van der Waals surface area (Å²) < 4.78 is 1.76. The van der Waals surface area contributed by atoms with Crippen molar-refractivity contribution >= 4 is 65.0 Å². The number of halogens is 2. The number of fused-ring (bicyclic) bond motifs is 1. The normalized spacial score (nSPS) is 18.2. The van der Waals surface area contributed by atoms with Gasteiger partial charge in [0.1, 0.15) is 5.65 Å². The zero-order chi connectivity index (χ0) is 24.5. The van der Waals surface area contributed by atoms with Crippen LogP contribution in [0.25, 0.3) is 11.2 Å². The van der Waals surface area contributed by atoms with Crippen molar-refractivity contribution in [3.63, 3.8) is 0 Å². The number of anilines is 1. The third kappa shape index (κ3) is 3.96. The van der Waals surface area contributed by atoms with Crippen molar-refractivity contribution in [3.8, 4) is 0 Å². The number of carbonyl (C=O) groups excluding carboxylic acids is 3. The summed E-state index contributed by atoms with van der Waals surface area (Å²) in [6.07, 6.45) is 7.16. The Morgan fingerprint density at radius 1 is 1.08 bits per heavy atom. The highest BCUT2D eigenvalue weighted by Crippen LogP contribution is 2.40. The molecule has 0 spiro atoms. The predicted octanol–water partition coefficient (Wildman–Crippen LogP) is 2.60. The van der Waals surface area contributed by atoms with Crippen LogP contribution in [-0.2, 0) is 20.8 Å². The van der Waals surface area contributed by atoms with Gasteiger partial charge in [0.2, 0.25) is 0 Å². The standard InChI is InChI=1S/C26H22N6O3.2ClH/c1-26(2,27)23(33)16-12-14-6-5-7-15-21(28-9-11-32(16)22(14)15)20-19(24(34)30-25(20)35)17-13-29-18-8-3-4-10-31(17)18;;/h3-11,13,16H,12,27H2,1-2H3,(H,30,34,35);2*1H. The number of Topliss-reactive ketones (excluding diaryl/α,β-unsaturated/α-hetero) is 1. The van der Waals surface area contributed by atoms with Gasteiger partial charge in [0.25, 0.3) is 11.8 Å². The van der Waals surface area contributed by atoms with E-state index >= 15 is 0 Å². The smallest absolute Gasteiger partial charge is 0.261 e. The molecule has 0 fully saturated rings. The van der Waals surface area contributed by atoms with Gasteiger partial charge in [-0.25, -0.2) is 4.98 Å². The zero-order valence-corrected chi connectivity index (χ0v) is 21.6. The number of aliphatic imine (C=N–C) groups is 1. The number of aromatic nitrogens is 2. The lowest BCUT2D eigenvalue weighted by molar-refractivity contribution is -0.124. The first-order valence-electron chi connectivity index (χ1n) is 11.3. The van der Waals surface area contributed by atoms with Gasteiger partial charge in [-0.2, -0.15) is 0 Å². The number of pyridine rings is 1. The first-order valence-corrected chi connectivity index (χ1v) is 11.3. The van der Waals surface area contributed by atoms with Crippen molar-refractivity contribution in [2.45, 2.75) is 31.8 Å². The van der Waals surface area contributed by atoms with Crippen LogP contribution in [0.5, 0.6) is 0 Å². The number of ketones is 1. The Hall–Kier alpha value is -3.79. The van der Waals surface area contributed by atoms with Crippen molar-refractivity contribution < 1.29 is 14.4 Å². The largest absolute Gasteiger partial charge is 0.335 e. The Kier molecular flexibility index (Phi) is 6.58. The molecular formula is C26H24Cl2N6O3. The zero-order valence-electron chi connectivity index (χ0n) is 20.0. The Morgan fingerprint density at radius 2 is 1.84 bits per heavy atom. The number of imidazole rings is 1. The Bertz CT molecular complexity index is 1560. The number of benzene rings is 1. The van der Waals surface area contributed by atoms with Gasteiger partial charge in [-0.05, 0) is 31.5 Å². The number of hydrogen-bond acceptors (Lipinski definition) is 7. The number of rotatable bonds is 4. The summed E-state index contributed by atoms with van der Waals surface area (Å²) >= 11 is 0. The fraction of sp³-hybridized carbons (Fsp3) is 0.192. The number of carbonyl (C=O) groups is 3. The second-order valence-corrected chi connectivity index (χ2v) is 9.41. The molecule has 11 heteroatoms. The molecule has 5 heterocycles. The molecule has 37 heavy (non-hydrogen) atoms. The summed E-state index contributed by atoms with van der Waals surface area (Å²) in [4.78, 5) is 50.1. The van der Waals surface area contributed by atoms with E-state index in [1.165, 1.54) is 0 Å². The van der Waals surface area contributed by atoms with E-state index in [4.69, 9.17) is 5.73 Å². The number of amides is 2. The van der Waals surface area contributed by atoms with Crippen LogP contribution < -0.4 is 16.0 Å². The lowest BCUT2D eigenvalue weighted by atomic mass is 9.92. The SMILES string of the molecule is CC(C)(N)C(=O)C1Cc2cccc3c2N1C=CN=C3C1=C(c2cnc3ccccn23)C(=O)NC1=O.Cl.Cl. The maximum absolute atomic E-state index is 13.2. The minimum Gasteiger partial charge on any atom is -0.335 e. The lowest BCUT2D eigenvalue weighted by Gasteiger charge is -2.28. The van der Waals surface area contributed by atoms with E-state index < -0.39 is 23.4 Å². The fourth-order valence-electron chi connectivity index (χ4n) is 5.03. The summed E-state index contributed by atoms with van der Waals surface area (Å²) in [5, 5.41) is 2.42. The molecule has 0 saturated carbocycles. The van der Waals surface area contributed by atoms with Gasteiger partial charge >= 0.3 is 0 Å². The third-order valence-corrected chi connectivity index (χ3v) is 6.59. The molecule has 2 aromatic heterocycles. The number of nitrogens with zero attached hydrogens (tertiary/aromatic N) is 4. The van der Waals surface area contributed by atoms with E-state index in [0.717, 1.165) is 11.3 Å². The number of nitrogens with one attached hydrogen (secondary N) is 1. The Labute approximate surface area is 225 Å². The first-order chi connectivity index (χ1) is 16.8. The molecular weight excluding hydrogens is 515 g/mol. The molecule has 2 amide bonds. The van der Waals surface area contributed by atoms with Crippen molar-refractivity contribution in [1.82, 2.24) is 14.7 Å². The Morgan fingerprint density at radius 3 is 2.59 bits per heavy atom. The van der Waals surface area contributed by atoms with Crippen LogP contribution in [0.1, 0.15) is 30.7 Å². The summed E-state index contributed by atoms with van der Waals surface area (Å²) in [6, 6.07) is 10.7. The van der Waals surface area contributed by atoms with Crippen molar-refractivity contribution in [2.75, 3.05) is 4.90 Å². The average molecular weight is 539 g/mol. The van der Waals surface area contributed by atoms with E-state index in [9.17, 15) is 14.4 Å². The minimum atomic E-state index is -1.01. The highest BCUT2D eigenvalue weighted by atomic mass is 35.5. The quantitative estimate of drug-likeness (QED) is 0.492. The van der Waals surface area contributed by atoms with Gasteiger partial charge in [-0.3, -0.25) is 29.1 Å². The van der Waals surface area contributed by atoms with E-state index in [0.29, 0.717) is 29.0 Å². The third-order valence-electron chi connectivity index (χ3n) is 6.59. The van der Waals surface area contributed by atoms with Crippen LogP contribution in [0.3, 0.4) is 0 Å². The van der Waals surface area contributed by atoms with E-state index in [1.807, 2.05) is 41.3 Å². The first kappa shape index (κ1) is 26.3. The molecule has 0 bridgehead atoms. The molecule has 1 aromatic carbocycles. The van der Waals surface area contributed by atoms with Gasteiger partial charge in [0.05, 0.1) is 46.0 Å². The molecule has 1 unspecified atom stereocenters. The molecule has 1 atom stereocenters. The van der Waals surface area contributed by atoms with Gasteiger partial charge in [-0.15, -0.1) is 24.8 Å². The summed E-state index contributed by atoms with van der Waals surface area (Å²) in [6.45, 7) is 3.40. The molecule has 6 rings (SSSR count). The fourth-order valence-corrected chi connectivity index (χ4v) is 5.03. The monoisotopic (exact) mass is 538 g/mol. The summed E-state index contributed by atoms with van der Waals surface area (Å²) in [5.41, 5.74) is 9.46. The van der Waals surface area contributed by atoms with Crippen molar-refractivity contribution in [1.29, 1.82) is 0 Å². The topological polar surface area (TPSA) is 122 Å². The molecule has 3 aromatic rings. The maximum Gasteiger partial charge on any atom is 0.261 e. The van der Waals surface area contributed by atoms with E-state index in [2.05, 4.69) is 15.3 Å². The van der Waals surface area contributed by atoms with Crippen molar-refractivity contribution in [2.24, 2.45) is 10.7 Å². The van der Waals surface area contributed by atoms with Gasteiger partial charge < -0.3 is 10.6 Å². The molecule has 9 nitrogen and oxygen atoms in total. The summed E-state index contributed by atoms with van der Waals surface area (Å²) in [5.74, 6) is -1.12. The van der Waals surface area contributed by atoms with Gasteiger partial charge in [0, 0.05) is 30.6 Å². The number of imide groups is 1. The molecule has 190 valence electrons. The molecule has 0 saturated heterocycles. The van der Waals surface area contributed by atoms with Crippen LogP contribution in [-0.4, -0.2) is 44.3 Å². The van der Waals surface area contributed by atoms with Gasteiger partial charge in [0.15, 0.2) is 5.78 Å². The van der Waals surface area contributed by atoms with Crippen molar-refractivity contribution in [3.05, 3.63) is 83.6 Å². The van der Waals surface area contributed by atoms with Crippen LogP contribution in [0.4, 0.5) is 5.69 Å².